The Morgan fingerprint density at radius 2 is 2.25 bits per heavy atom. The fraction of sp³-hybridized carbons (Fsp3) is 0.625. The Labute approximate surface area is 102 Å². The number of nitrogens with one attached hydrogen (secondary N) is 2. The van der Waals surface area contributed by atoms with E-state index in [9.17, 15) is 13.2 Å². The van der Waals surface area contributed by atoms with E-state index in [4.69, 9.17) is 0 Å². The van der Waals surface area contributed by atoms with E-state index in [1.54, 1.807) is 18.7 Å². The van der Waals surface area contributed by atoms with Gasteiger partial charge >= 0.3 is 4.87 Å². The monoisotopic (exact) mass is 280 g/mol. The molecule has 0 bridgehead atoms. The number of H-pyrrole nitrogens is 1. The Morgan fingerprint density at radius 3 is 2.75 bits per heavy atom. The highest BCUT2D eigenvalue weighted by Crippen LogP contribution is 2.21. The highest BCUT2D eigenvalue weighted by atomic mass is 32.2. The van der Waals surface area contributed by atoms with Crippen LogP contribution in [0.3, 0.4) is 0 Å². The van der Waals surface area contributed by atoms with Gasteiger partial charge in [-0.05, 0) is 19.1 Å². The van der Waals surface area contributed by atoms with Crippen LogP contribution in [0.25, 0.3) is 0 Å². The first-order chi connectivity index (χ1) is 7.49. The van der Waals surface area contributed by atoms with Gasteiger partial charge in [0.15, 0.2) is 4.21 Å². The number of sulfonamides is 1. The van der Waals surface area contributed by atoms with Crippen LogP contribution in [0.1, 0.15) is 12.1 Å². The van der Waals surface area contributed by atoms with Crippen molar-refractivity contribution in [1.29, 1.82) is 0 Å². The Hall–Kier alpha value is -0.310. The van der Waals surface area contributed by atoms with Crippen LogP contribution < -0.4 is 9.60 Å². The second-order valence-electron chi connectivity index (χ2n) is 3.61. The van der Waals surface area contributed by atoms with Crippen LogP contribution in [-0.2, 0) is 10.0 Å². The van der Waals surface area contributed by atoms with E-state index in [1.165, 1.54) is 0 Å². The van der Waals surface area contributed by atoms with E-state index in [0.29, 0.717) is 5.69 Å². The molecule has 1 aromatic rings. The van der Waals surface area contributed by atoms with Gasteiger partial charge in [0.1, 0.15) is 0 Å². The summed E-state index contributed by atoms with van der Waals surface area (Å²) in [5.41, 5.74) is 0.410. The molecule has 90 valence electrons. The quantitative estimate of drug-likeness (QED) is 0.846. The first-order valence-corrected chi connectivity index (χ1v) is 8.24. The third-order valence-electron chi connectivity index (χ3n) is 2.28. The van der Waals surface area contributed by atoms with Crippen molar-refractivity contribution in [3.63, 3.8) is 0 Å². The molecule has 16 heavy (non-hydrogen) atoms. The lowest BCUT2D eigenvalue weighted by atomic mass is 10.3. The summed E-state index contributed by atoms with van der Waals surface area (Å²) >= 11 is 2.47. The molecule has 1 saturated heterocycles. The van der Waals surface area contributed by atoms with Crippen molar-refractivity contribution in [2.45, 2.75) is 23.6 Å². The van der Waals surface area contributed by atoms with E-state index in [2.05, 4.69) is 9.71 Å². The normalized spacial score (nSPS) is 21.4. The Kier molecular flexibility index (Phi) is 3.43. The van der Waals surface area contributed by atoms with E-state index < -0.39 is 10.0 Å². The maximum Gasteiger partial charge on any atom is 0.305 e. The SMILES string of the molecule is Cc1[nH]c(=O)sc1S(=O)(=O)NC1CCSC1. The zero-order chi connectivity index (χ0) is 11.8. The molecule has 1 atom stereocenters. The molecule has 0 radical (unpaired) electrons. The van der Waals surface area contributed by atoms with Crippen molar-refractivity contribution in [1.82, 2.24) is 9.71 Å². The van der Waals surface area contributed by atoms with Crippen molar-refractivity contribution < 1.29 is 8.42 Å². The first-order valence-electron chi connectivity index (χ1n) is 4.79. The van der Waals surface area contributed by atoms with Crippen LogP contribution >= 0.6 is 23.1 Å². The lowest BCUT2D eigenvalue weighted by molar-refractivity contribution is 0.564. The minimum atomic E-state index is -3.53. The number of thioether (sulfide) groups is 1. The third kappa shape index (κ3) is 2.50. The minimum Gasteiger partial charge on any atom is -0.315 e. The first kappa shape index (κ1) is 12.2. The molecular formula is C8H12N2O3S3. The molecule has 2 heterocycles. The van der Waals surface area contributed by atoms with Gasteiger partial charge < -0.3 is 4.98 Å². The average molecular weight is 280 g/mol. The van der Waals surface area contributed by atoms with Gasteiger partial charge in [-0.25, -0.2) is 13.1 Å². The number of aromatic nitrogens is 1. The van der Waals surface area contributed by atoms with Crippen molar-refractivity contribution in [2.24, 2.45) is 0 Å². The summed E-state index contributed by atoms with van der Waals surface area (Å²) in [5, 5.41) is 0. The molecule has 2 rings (SSSR count). The maximum atomic E-state index is 12.0. The summed E-state index contributed by atoms with van der Waals surface area (Å²) in [4.78, 5) is 13.2. The maximum absolute atomic E-state index is 12.0. The molecule has 1 aliphatic rings. The largest absolute Gasteiger partial charge is 0.315 e. The van der Waals surface area contributed by atoms with Crippen molar-refractivity contribution in [3.05, 3.63) is 15.4 Å². The predicted molar refractivity (Wildman–Crippen MR) is 65.7 cm³/mol. The number of hydrogen-bond donors (Lipinski definition) is 2. The number of rotatable bonds is 3. The average Bonchev–Trinajstić information content (AvgIpc) is 2.75. The van der Waals surface area contributed by atoms with Crippen LogP contribution in [0, 0.1) is 6.92 Å². The molecule has 0 saturated carbocycles. The van der Waals surface area contributed by atoms with Crippen LogP contribution in [0.15, 0.2) is 9.00 Å². The Balaban J connectivity index is 2.24. The lowest BCUT2D eigenvalue weighted by Crippen LogP contribution is -2.34. The summed E-state index contributed by atoms with van der Waals surface area (Å²) in [7, 11) is -3.53. The van der Waals surface area contributed by atoms with Gasteiger partial charge in [0.25, 0.3) is 10.0 Å². The van der Waals surface area contributed by atoms with E-state index in [1.807, 2.05) is 0 Å². The zero-order valence-electron chi connectivity index (χ0n) is 8.65. The zero-order valence-corrected chi connectivity index (χ0v) is 11.1. The fourth-order valence-corrected chi connectivity index (χ4v) is 5.39. The molecule has 1 aromatic heterocycles. The van der Waals surface area contributed by atoms with Crippen molar-refractivity contribution >= 4 is 33.1 Å². The predicted octanol–water partition coefficient (Wildman–Crippen LogP) is 0.529. The number of hydrogen-bond acceptors (Lipinski definition) is 5. The molecular weight excluding hydrogens is 268 g/mol. The van der Waals surface area contributed by atoms with Crippen LogP contribution in [-0.4, -0.2) is 30.9 Å². The van der Waals surface area contributed by atoms with Gasteiger partial charge in [0.05, 0.1) is 0 Å². The molecule has 0 amide bonds. The summed E-state index contributed by atoms with van der Waals surface area (Å²) in [6.45, 7) is 1.59. The van der Waals surface area contributed by atoms with E-state index >= 15 is 0 Å². The topological polar surface area (TPSA) is 79.0 Å². The van der Waals surface area contributed by atoms with Crippen LogP contribution in [0.2, 0.25) is 0 Å². The highest BCUT2D eigenvalue weighted by molar-refractivity contribution is 7.99. The third-order valence-corrected chi connectivity index (χ3v) is 6.56. The Bertz CT molecular complexity index is 525. The summed E-state index contributed by atoms with van der Waals surface area (Å²) in [6.07, 6.45) is 0.849. The molecule has 2 N–H and O–H groups in total. The number of aromatic amines is 1. The Morgan fingerprint density at radius 1 is 1.50 bits per heavy atom. The standard InChI is InChI=1S/C8H12N2O3S3/c1-5-7(15-8(11)9-5)16(12,13)10-6-2-3-14-4-6/h6,10H,2-4H2,1H3,(H,9,11). The molecule has 1 unspecified atom stereocenters. The van der Waals surface area contributed by atoms with Gasteiger partial charge in [-0.3, -0.25) is 4.79 Å². The van der Waals surface area contributed by atoms with Crippen LogP contribution in [0.4, 0.5) is 0 Å². The molecule has 5 nitrogen and oxygen atoms in total. The minimum absolute atomic E-state index is 0.00778. The van der Waals surface area contributed by atoms with Crippen molar-refractivity contribution in [2.75, 3.05) is 11.5 Å². The number of aryl methyl sites for hydroxylation is 1. The van der Waals surface area contributed by atoms with Gasteiger partial charge in [-0.1, -0.05) is 11.3 Å². The van der Waals surface area contributed by atoms with Gasteiger partial charge in [-0.2, -0.15) is 11.8 Å². The number of thiazole rings is 1. The second-order valence-corrected chi connectivity index (χ2v) is 7.65. The van der Waals surface area contributed by atoms with Crippen molar-refractivity contribution in [3.8, 4) is 0 Å². The van der Waals surface area contributed by atoms with E-state index in [-0.39, 0.29) is 15.1 Å². The van der Waals surface area contributed by atoms with Gasteiger partial charge in [0, 0.05) is 17.5 Å². The van der Waals surface area contributed by atoms with Crippen LogP contribution in [0.5, 0.6) is 0 Å². The molecule has 0 aliphatic carbocycles. The summed E-state index contributed by atoms with van der Waals surface area (Å²) in [6, 6.07) is -0.00778. The second kappa shape index (κ2) is 4.52. The molecule has 0 aromatic carbocycles. The highest BCUT2D eigenvalue weighted by Gasteiger charge is 2.26. The van der Waals surface area contributed by atoms with Gasteiger partial charge in [-0.15, -0.1) is 0 Å². The van der Waals surface area contributed by atoms with E-state index in [0.717, 1.165) is 29.3 Å². The molecule has 0 spiro atoms. The smallest absolute Gasteiger partial charge is 0.305 e. The summed E-state index contributed by atoms with van der Waals surface area (Å²) < 4.78 is 26.6. The summed E-state index contributed by atoms with van der Waals surface area (Å²) in [5.74, 6) is 1.78. The molecule has 1 aliphatic heterocycles. The molecule has 8 heteroatoms. The fourth-order valence-electron chi connectivity index (χ4n) is 1.55. The molecule has 1 fully saturated rings. The lowest BCUT2D eigenvalue weighted by Gasteiger charge is -2.10. The van der Waals surface area contributed by atoms with Gasteiger partial charge in [0.2, 0.25) is 0 Å².